The maximum Gasteiger partial charge on any atom is 0.424 e. The highest BCUT2D eigenvalue weighted by atomic mass is 32.2. The Morgan fingerprint density at radius 1 is 0.792 bits per heavy atom. The number of benzene rings is 3. The summed E-state index contributed by atoms with van der Waals surface area (Å²) in [5, 5.41) is 4.97. The van der Waals surface area contributed by atoms with Crippen LogP contribution in [0.5, 0.6) is 11.5 Å². The molecule has 14 nitrogen and oxygen atoms in total. The van der Waals surface area contributed by atoms with E-state index in [2.05, 4.69) is 10.6 Å². The molecule has 1 atom stereocenters. The maximum atomic E-state index is 14.1. The molecule has 2 N–H and O–H groups in total. The van der Waals surface area contributed by atoms with Crippen LogP contribution in [0.4, 0.5) is 14.4 Å². The van der Waals surface area contributed by atoms with E-state index in [1.165, 1.54) is 24.3 Å². The van der Waals surface area contributed by atoms with Crippen LogP contribution in [0.15, 0.2) is 89.8 Å². The Morgan fingerprint density at radius 3 is 1.85 bits per heavy atom. The Kier molecular flexibility index (Phi) is 15.9. The average Bonchev–Trinajstić information content (AvgIpc) is 3.10. The summed E-state index contributed by atoms with van der Waals surface area (Å²) in [6.45, 7) is 10.5. The number of sulfonamides is 1. The Hall–Kier alpha value is -4.43. The van der Waals surface area contributed by atoms with Crippen molar-refractivity contribution >= 4 is 35.5 Å². The molecular weight excluding hydrogens is 725 g/mol. The predicted molar refractivity (Wildman–Crippen MR) is 199 cm³/mol. The van der Waals surface area contributed by atoms with E-state index in [0.717, 1.165) is 0 Å². The van der Waals surface area contributed by atoms with Crippen molar-refractivity contribution in [3.05, 3.63) is 90.5 Å². The molecule has 0 aliphatic carbocycles. The molecule has 3 aromatic carbocycles. The second-order valence-corrected chi connectivity index (χ2v) is 17.6. The minimum atomic E-state index is -4.66. The minimum Gasteiger partial charge on any atom is -0.457 e. The lowest BCUT2D eigenvalue weighted by Crippen LogP contribution is -2.53. The molecule has 0 spiro atoms. The summed E-state index contributed by atoms with van der Waals surface area (Å²) in [6.07, 6.45) is -2.23. The fourth-order valence-electron chi connectivity index (χ4n) is 4.26. The molecule has 0 unspecified atom stereocenters. The molecule has 0 saturated carbocycles. The first-order valence-electron chi connectivity index (χ1n) is 17.1. The van der Waals surface area contributed by atoms with Crippen LogP contribution in [0.2, 0.25) is 0 Å². The van der Waals surface area contributed by atoms with Crippen LogP contribution in [-0.2, 0) is 39.7 Å². The number of hydrogen-bond acceptors (Lipinski definition) is 11. The van der Waals surface area contributed by atoms with Crippen molar-refractivity contribution in [3.8, 4) is 11.5 Å². The van der Waals surface area contributed by atoms with Gasteiger partial charge in [0.05, 0.1) is 30.7 Å². The standard InChI is InChI=1S/C37H50N3O11PS/c1-27(2)24-48-52(44,49-25-28(3)4)35(42)38-22-30(39-34(41)47-26-29-14-10-8-11-15-29)23-40(36(43)51-37(5,6)7)53(45,46)33-20-18-32(19-21-33)50-31-16-12-9-13-17-31/h8-21,27-28,30H,22-26H2,1-7H3,(H,38,42)(H,39,41)/t30-/m0/s1. The van der Waals surface area contributed by atoms with Crippen LogP contribution >= 0.6 is 7.60 Å². The fourth-order valence-corrected chi connectivity index (χ4v) is 7.19. The van der Waals surface area contributed by atoms with Crippen LogP contribution in [0.25, 0.3) is 0 Å². The Labute approximate surface area is 312 Å². The van der Waals surface area contributed by atoms with E-state index in [9.17, 15) is 27.4 Å². The zero-order valence-corrected chi connectivity index (χ0v) is 32.9. The summed E-state index contributed by atoms with van der Waals surface area (Å²) in [5.74, 6) is 0.701. The summed E-state index contributed by atoms with van der Waals surface area (Å²) in [7, 11) is -9.04. The SMILES string of the molecule is CC(C)COP(=O)(OCC(C)C)C(=O)NC[C@@H](CN(C(=O)OC(C)(C)C)S(=O)(=O)c1ccc(Oc2ccccc2)cc1)NC(=O)OCc1ccccc1. The van der Waals surface area contributed by atoms with Crippen molar-refractivity contribution in [1.82, 2.24) is 14.9 Å². The monoisotopic (exact) mass is 775 g/mol. The number of carbonyl (C=O) groups excluding carboxylic acids is 3. The van der Waals surface area contributed by atoms with E-state index in [1.54, 1.807) is 103 Å². The first-order chi connectivity index (χ1) is 24.9. The molecule has 0 heterocycles. The van der Waals surface area contributed by atoms with E-state index in [4.69, 9.17) is 23.3 Å². The molecule has 3 aromatic rings. The Balaban J connectivity index is 1.94. The number of amides is 3. The highest BCUT2D eigenvalue weighted by molar-refractivity contribution is 7.89. The lowest BCUT2D eigenvalue weighted by Gasteiger charge is -2.30. The van der Waals surface area contributed by atoms with Gasteiger partial charge in [-0.15, -0.1) is 0 Å². The lowest BCUT2D eigenvalue weighted by molar-refractivity contribution is 0.0377. The van der Waals surface area contributed by atoms with E-state index in [0.29, 0.717) is 21.4 Å². The Bertz CT molecular complexity index is 1770. The predicted octanol–water partition coefficient (Wildman–Crippen LogP) is 7.95. The van der Waals surface area contributed by atoms with E-state index < -0.39 is 60.2 Å². The van der Waals surface area contributed by atoms with E-state index in [-0.39, 0.29) is 36.6 Å². The van der Waals surface area contributed by atoms with Gasteiger partial charge in [0, 0.05) is 6.54 Å². The van der Waals surface area contributed by atoms with Crippen LogP contribution in [0.1, 0.15) is 54.0 Å². The number of alkyl carbamates (subject to hydrolysis) is 1. The third-order valence-corrected chi connectivity index (χ3v) is 10.2. The molecule has 0 aliphatic heterocycles. The summed E-state index contributed by atoms with van der Waals surface area (Å²) in [4.78, 5) is 39.8. The first-order valence-corrected chi connectivity index (χ1v) is 20.1. The molecule has 0 bridgehead atoms. The summed E-state index contributed by atoms with van der Waals surface area (Å²) in [6, 6.07) is 21.7. The molecule has 3 rings (SSSR count). The van der Waals surface area contributed by atoms with Gasteiger partial charge in [-0.3, -0.25) is 4.79 Å². The summed E-state index contributed by atoms with van der Waals surface area (Å²) in [5.41, 5.74) is -1.54. The number of ether oxygens (including phenoxy) is 3. The average molecular weight is 776 g/mol. The highest BCUT2D eigenvalue weighted by Gasteiger charge is 2.39. The lowest BCUT2D eigenvalue weighted by atomic mass is 10.2. The molecule has 16 heteroatoms. The molecule has 0 saturated heterocycles. The minimum absolute atomic E-state index is 0.0455. The highest BCUT2D eigenvalue weighted by Crippen LogP contribution is 2.49. The number of nitrogens with one attached hydrogen (secondary N) is 2. The topological polar surface area (TPSA) is 176 Å². The van der Waals surface area contributed by atoms with Gasteiger partial charge in [-0.1, -0.05) is 76.2 Å². The van der Waals surface area contributed by atoms with Gasteiger partial charge in [0.2, 0.25) is 0 Å². The quantitative estimate of drug-likeness (QED) is 0.120. The summed E-state index contributed by atoms with van der Waals surface area (Å²) < 4.78 is 69.9. The summed E-state index contributed by atoms with van der Waals surface area (Å²) >= 11 is 0. The zero-order chi connectivity index (χ0) is 39.2. The van der Waals surface area contributed by atoms with Crippen molar-refractivity contribution in [1.29, 1.82) is 0 Å². The van der Waals surface area contributed by atoms with Crippen LogP contribution in [-0.4, -0.2) is 68.5 Å². The second-order valence-electron chi connectivity index (χ2n) is 13.9. The second kappa shape index (κ2) is 19.6. The molecule has 53 heavy (non-hydrogen) atoms. The van der Waals surface area contributed by atoms with Crippen molar-refractivity contribution in [3.63, 3.8) is 0 Å². The van der Waals surface area contributed by atoms with Gasteiger partial charge in [-0.25, -0.2) is 22.6 Å². The maximum absolute atomic E-state index is 14.1. The van der Waals surface area contributed by atoms with Gasteiger partial charge < -0.3 is 33.9 Å². The fraction of sp³-hybridized carbons (Fsp3) is 0.432. The number of carbonyl (C=O) groups is 3. The largest absolute Gasteiger partial charge is 0.457 e. The molecule has 0 aliphatic rings. The van der Waals surface area contributed by atoms with E-state index >= 15 is 0 Å². The molecule has 3 amide bonds. The number of para-hydroxylation sites is 1. The van der Waals surface area contributed by atoms with Gasteiger partial charge >= 0.3 is 25.4 Å². The van der Waals surface area contributed by atoms with Crippen LogP contribution in [0.3, 0.4) is 0 Å². The molecule has 0 radical (unpaired) electrons. The first kappa shape index (κ1) is 43.0. The zero-order valence-electron chi connectivity index (χ0n) is 31.1. The normalized spacial score (nSPS) is 12.5. The van der Waals surface area contributed by atoms with Crippen LogP contribution < -0.4 is 15.4 Å². The van der Waals surface area contributed by atoms with E-state index in [1.807, 2.05) is 6.07 Å². The number of rotatable bonds is 18. The van der Waals surface area contributed by atoms with Crippen molar-refractivity contribution in [2.24, 2.45) is 11.8 Å². The third kappa shape index (κ3) is 14.5. The third-order valence-electron chi connectivity index (χ3n) is 6.81. The van der Waals surface area contributed by atoms with Gasteiger partial charge in [-0.2, -0.15) is 4.31 Å². The molecule has 0 aromatic heterocycles. The smallest absolute Gasteiger partial charge is 0.424 e. The van der Waals surface area contributed by atoms with Crippen LogP contribution in [0, 0.1) is 11.8 Å². The van der Waals surface area contributed by atoms with Crippen molar-refractivity contribution < 1.29 is 50.6 Å². The van der Waals surface area contributed by atoms with Gasteiger partial charge in [0.1, 0.15) is 23.7 Å². The van der Waals surface area contributed by atoms with Gasteiger partial charge in [0.15, 0.2) is 0 Å². The number of hydrogen-bond donors (Lipinski definition) is 2. The molecule has 290 valence electrons. The van der Waals surface area contributed by atoms with Crippen molar-refractivity contribution in [2.45, 2.75) is 71.6 Å². The molecule has 0 fully saturated rings. The van der Waals surface area contributed by atoms with Crippen molar-refractivity contribution in [2.75, 3.05) is 26.3 Å². The molecular formula is C37H50N3O11PS. The van der Waals surface area contributed by atoms with Gasteiger partial charge in [-0.05, 0) is 74.6 Å². The number of nitrogens with zero attached hydrogens (tertiary/aromatic N) is 1. The van der Waals surface area contributed by atoms with Gasteiger partial charge in [0.25, 0.3) is 10.0 Å². The Morgan fingerprint density at radius 2 is 1.32 bits per heavy atom.